The van der Waals surface area contributed by atoms with Gasteiger partial charge in [-0.25, -0.2) is 9.59 Å². The molecule has 2 aliphatic heterocycles. The molecular formula is C25H30N4O5. The Labute approximate surface area is 198 Å². The third-order valence-electron chi connectivity index (χ3n) is 6.19. The third-order valence-corrected chi connectivity index (χ3v) is 6.19. The minimum absolute atomic E-state index is 0.128. The Kier molecular flexibility index (Phi) is 7.32. The highest BCUT2D eigenvalue weighted by Crippen LogP contribution is 2.31. The molecule has 1 N–H and O–H groups in total. The number of hydrogen-bond acceptors (Lipinski definition) is 6. The van der Waals surface area contributed by atoms with Crippen LogP contribution in [-0.4, -0.2) is 79.0 Å². The molecule has 1 atom stereocenters. The van der Waals surface area contributed by atoms with Gasteiger partial charge in [-0.1, -0.05) is 30.3 Å². The maximum Gasteiger partial charge on any atom is 0.338 e. The van der Waals surface area contributed by atoms with Gasteiger partial charge in [0.15, 0.2) is 5.76 Å². The summed E-state index contributed by atoms with van der Waals surface area (Å²) in [6.07, 6.45) is 2.26. The summed E-state index contributed by atoms with van der Waals surface area (Å²) in [6, 6.07) is 11.9. The van der Waals surface area contributed by atoms with Crippen molar-refractivity contribution in [3.05, 3.63) is 71.3 Å². The van der Waals surface area contributed by atoms with Gasteiger partial charge in [0.25, 0.3) is 5.91 Å². The minimum Gasteiger partial charge on any atom is -0.463 e. The van der Waals surface area contributed by atoms with E-state index in [0.29, 0.717) is 43.2 Å². The number of benzene rings is 1. The molecule has 0 unspecified atom stereocenters. The van der Waals surface area contributed by atoms with E-state index in [4.69, 9.17) is 9.15 Å². The number of hydrogen-bond donors (Lipinski definition) is 1. The SMILES string of the molecule is CCOC(=O)C1=C(CN2CCCN(C(=O)c3ccco3)CC2)N(C)C(=O)N[C@@H]1c1ccccc1. The molecule has 2 aromatic rings. The molecule has 0 radical (unpaired) electrons. The first-order valence-corrected chi connectivity index (χ1v) is 11.5. The molecule has 1 aromatic heterocycles. The lowest BCUT2D eigenvalue weighted by Gasteiger charge is -2.36. The average Bonchev–Trinajstić information content (AvgIpc) is 3.29. The smallest absolute Gasteiger partial charge is 0.338 e. The molecule has 0 aliphatic carbocycles. The highest BCUT2D eigenvalue weighted by Gasteiger charge is 2.37. The van der Waals surface area contributed by atoms with Crippen LogP contribution in [0.4, 0.5) is 4.79 Å². The van der Waals surface area contributed by atoms with E-state index in [0.717, 1.165) is 18.5 Å². The van der Waals surface area contributed by atoms with Crippen LogP contribution in [0.25, 0.3) is 0 Å². The topological polar surface area (TPSA) is 95.3 Å². The summed E-state index contributed by atoms with van der Waals surface area (Å²) in [6.45, 7) is 4.87. The van der Waals surface area contributed by atoms with Crippen LogP contribution in [0.2, 0.25) is 0 Å². The van der Waals surface area contributed by atoms with E-state index in [9.17, 15) is 14.4 Å². The normalized spacial score (nSPS) is 19.6. The maximum absolute atomic E-state index is 13.1. The zero-order valence-electron chi connectivity index (χ0n) is 19.5. The van der Waals surface area contributed by atoms with E-state index in [2.05, 4.69) is 10.2 Å². The average molecular weight is 467 g/mol. The van der Waals surface area contributed by atoms with E-state index < -0.39 is 12.0 Å². The number of furan rings is 1. The van der Waals surface area contributed by atoms with Crippen molar-refractivity contribution >= 4 is 17.9 Å². The molecule has 2 aliphatic rings. The van der Waals surface area contributed by atoms with Gasteiger partial charge in [-0.05, 0) is 31.0 Å². The van der Waals surface area contributed by atoms with Crippen molar-refractivity contribution in [3.8, 4) is 0 Å². The van der Waals surface area contributed by atoms with Gasteiger partial charge in [-0.2, -0.15) is 0 Å². The van der Waals surface area contributed by atoms with Gasteiger partial charge < -0.3 is 19.4 Å². The van der Waals surface area contributed by atoms with Gasteiger partial charge in [0, 0.05) is 45.5 Å². The molecule has 0 bridgehead atoms. The van der Waals surface area contributed by atoms with Crippen molar-refractivity contribution in [2.45, 2.75) is 19.4 Å². The first kappa shape index (κ1) is 23.6. The van der Waals surface area contributed by atoms with Crippen LogP contribution in [0.15, 0.2) is 64.4 Å². The summed E-state index contributed by atoms with van der Waals surface area (Å²) in [7, 11) is 1.66. The molecule has 3 amide bonds. The van der Waals surface area contributed by atoms with Crippen molar-refractivity contribution < 1.29 is 23.5 Å². The van der Waals surface area contributed by atoms with Crippen LogP contribution in [0.3, 0.4) is 0 Å². The fraction of sp³-hybridized carbons (Fsp3) is 0.400. The molecule has 3 heterocycles. The second kappa shape index (κ2) is 10.6. The highest BCUT2D eigenvalue weighted by molar-refractivity contribution is 5.95. The van der Waals surface area contributed by atoms with Crippen molar-refractivity contribution in [2.75, 3.05) is 46.4 Å². The largest absolute Gasteiger partial charge is 0.463 e. The predicted molar refractivity (Wildman–Crippen MR) is 125 cm³/mol. The number of amides is 3. The Morgan fingerprint density at radius 1 is 1.09 bits per heavy atom. The highest BCUT2D eigenvalue weighted by atomic mass is 16.5. The third kappa shape index (κ3) is 4.99. The van der Waals surface area contributed by atoms with Gasteiger partial charge in [0.1, 0.15) is 0 Å². The quantitative estimate of drug-likeness (QED) is 0.658. The fourth-order valence-electron chi connectivity index (χ4n) is 4.39. The molecule has 9 nitrogen and oxygen atoms in total. The minimum atomic E-state index is -0.594. The monoisotopic (exact) mass is 466 g/mol. The Bertz CT molecular complexity index is 1050. The lowest BCUT2D eigenvalue weighted by Crippen LogP contribution is -2.49. The molecule has 4 rings (SSSR count). The summed E-state index contributed by atoms with van der Waals surface area (Å²) in [4.78, 5) is 44.1. The molecule has 1 saturated heterocycles. The fourth-order valence-corrected chi connectivity index (χ4v) is 4.39. The van der Waals surface area contributed by atoms with Gasteiger partial charge in [0.2, 0.25) is 0 Å². The predicted octanol–water partition coefficient (Wildman–Crippen LogP) is 2.64. The van der Waals surface area contributed by atoms with E-state index >= 15 is 0 Å². The van der Waals surface area contributed by atoms with Gasteiger partial charge in [-0.3, -0.25) is 14.6 Å². The number of urea groups is 1. The second-order valence-electron chi connectivity index (χ2n) is 8.33. The molecule has 1 fully saturated rings. The molecule has 0 saturated carbocycles. The second-order valence-corrected chi connectivity index (χ2v) is 8.33. The number of rotatable bonds is 6. The lowest BCUT2D eigenvalue weighted by atomic mass is 9.94. The van der Waals surface area contributed by atoms with Crippen LogP contribution in [-0.2, 0) is 9.53 Å². The van der Waals surface area contributed by atoms with Crippen LogP contribution in [0.1, 0.15) is 35.5 Å². The number of ether oxygens (including phenoxy) is 1. The van der Waals surface area contributed by atoms with E-state index in [1.54, 1.807) is 31.0 Å². The Morgan fingerprint density at radius 3 is 2.59 bits per heavy atom. The number of esters is 1. The first-order chi connectivity index (χ1) is 16.5. The molecule has 34 heavy (non-hydrogen) atoms. The van der Waals surface area contributed by atoms with E-state index in [1.165, 1.54) is 11.2 Å². The van der Waals surface area contributed by atoms with Gasteiger partial charge in [-0.15, -0.1) is 0 Å². The van der Waals surface area contributed by atoms with Crippen molar-refractivity contribution in [2.24, 2.45) is 0 Å². The molecular weight excluding hydrogens is 436 g/mol. The zero-order chi connectivity index (χ0) is 24.1. The number of nitrogens with one attached hydrogen (secondary N) is 1. The van der Waals surface area contributed by atoms with Crippen LogP contribution in [0.5, 0.6) is 0 Å². The zero-order valence-corrected chi connectivity index (χ0v) is 19.5. The Morgan fingerprint density at radius 2 is 1.88 bits per heavy atom. The summed E-state index contributed by atoms with van der Waals surface area (Å²) >= 11 is 0. The van der Waals surface area contributed by atoms with Crippen molar-refractivity contribution in [1.29, 1.82) is 0 Å². The number of likely N-dealkylation sites (N-methyl/N-ethyl adjacent to an activating group) is 1. The number of nitrogens with zero attached hydrogens (tertiary/aromatic N) is 3. The summed E-state index contributed by atoms with van der Waals surface area (Å²) in [5.41, 5.74) is 1.86. The first-order valence-electron chi connectivity index (χ1n) is 11.5. The maximum atomic E-state index is 13.1. The van der Waals surface area contributed by atoms with Crippen molar-refractivity contribution in [3.63, 3.8) is 0 Å². The Balaban J connectivity index is 1.59. The van der Waals surface area contributed by atoms with Gasteiger partial charge >= 0.3 is 12.0 Å². The van der Waals surface area contributed by atoms with Crippen LogP contribution >= 0.6 is 0 Å². The van der Waals surface area contributed by atoms with E-state index in [-0.39, 0.29) is 18.5 Å². The summed E-state index contributed by atoms with van der Waals surface area (Å²) < 4.78 is 10.7. The molecule has 180 valence electrons. The Hall–Kier alpha value is -3.59. The summed E-state index contributed by atoms with van der Waals surface area (Å²) in [5, 5.41) is 2.94. The summed E-state index contributed by atoms with van der Waals surface area (Å²) in [5.74, 6) is -0.241. The molecule has 0 spiro atoms. The van der Waals surface area contributed by atoms with E-state index in [1.807, 2.05) is 30.3 Å². The van der Waals surface area contributed by atoms with Crippen molar-refractivity contribution in [1.82, 2.24) is 20.0 Å². The molecule has 9 heteroatoms. The number of carbonyl (C=O) groups is 3. The van der Waals surface area contributed by atoms with Crippen LogP contribution < -0.4 is 5.32 Å². The molecule has 1 aromatic carbocycles. The van der Waals surface area contributed by atoms with Crippen LogP contribution in [0, 0.1) is 0 Å². The number of carbonyl (C=O) groups excluding carboxylic acids is 3. The standard InChI is InChI=1S/C25H30N4O5/c1-3-33-24(31)21-19(27(2)25(32)26-22(21)18-9-5-4-6-10-18)17-28-12-8-13-29(15-14-28)23(30)20-11-7-16-34-20/h4-7,9-11,16,22H,3,8,12-15,17H2,1-2H3,(H,26,32)/t22-/m1/s1. The van der Waals surface area contributed by atoms with Gasteiger partial charge in [0.05, 0.1) is 24.5 Å². The lowest BCUT2D eigenvalue weighted by molar-refractivity contribution is -0.139.